The van der Waals surface area contributed by atoms with Crippen LogP contribution in [-0.4, -0.2) is 42.4 Å². The predicted octanol–water partition coefficient (Wildman–Crippen LogP) is 2.07. The van der Waals surface area contributed by atoms with Gasteiger partial charge in [0.05, 0.1) is 0 Å². The van der Waals surface area contributed by atoms with E-state index in [9.17, 15) is 0 Å². The first-order valence-electron chi connectivity index (χ1n) is 4.50. The van der Waals surface area contributed by atoms with Gasteiger partial charge in [0.25, 0.3) is 0 Å². The molecule has 0 amide bonds. The van der Waals surface area contributed by atoms with Gasteiger partial charge in [-0.2, -0.15) is 0 Å². The van der Waals surface area contributed by atoms with Crippen molar-refractivity contribution in [3.05, 3.63) is 5.92 Å². The molecule has 0 unspecified atom stereocenters. The Morgan fingerprint density at radius 2 is 1.33 bits per heavy atom. The molecule has 0 N–H and O–H groups in total. The van der Waals surface area contributed by atoms with Gasteiger partial charge in [0.1, 0.15) is 0 Å². The van der Waals surface area contributed by atoms with Crippen molar-refractivity contribution >= 4 is 18.9 Å². The summed E-state index contributed by atoms with van der Waals surface area (Å²) >= 11 is 0. The summed E-state index contributed by atoms with van der Waals surface area (Å²) in [6.07, 6.45) is 0. The van der Waals surface area contributed by atoms with E-state index in [1.54, 1.807) is 0 Å². The first kappa shape index (κ1) is 15.0. The Bertz CT molecular complexity index is 92.0. The normalized spacial score (nSPS) is 11.5. The summed E-state index contributed by atoms with van der Waals surface area (Å²) in [5.41, 5.74) is 0. The second-order valence-electron chi connectivity index (χ2n) is 4.07. The molecule has 12 heavy (non-hydrogen) atoms. The fraction of sp³-hybridized carbons (Fsp3) is 0.900. The quantitative estimate of drug-likeness (QED) is 0.575. The van der Waals surface area contributed by atoms with Crippen LogP contribution in [0.25, 0.3) is 0 Å². The van der Waals surface area contributed by atoms with Gasteiger partial charge >= 0.3 is 18.9 Å². The van der Waals surface area contributed by atoms with Crippen LogP contribution < -0.4 is 0 Å². The third-order valence-electron chi connectivity index (χ3n) is 1.83. The van der Waals surface area contributed by atoms with Crippen molar-refractivity contribution in [1.82, 2.24) is 4.90 Å². The summed E-state index contributed by atoms with van der Waals surface area (Å²) in [6.45, 7) is 14.5. The predicted molar refractivity (Wildman–Crippen MR) is 58.7 cm³/mol. The van der Waals surface area contributed by atoms with Crippen LogP contribution in [0.3, 0.4) is 0 Å². The maximum atomic E-state index is 2.50. The number of hydrogen-bond acceptors (Lipinski definition) is 1. The van der Waals surface area contributed by atoms with E-state index in [1.807, 2.05) is 0 Å². The van der Waals surface area contributed by atoms with Gasteiger partial charge in [-0.15, -0.1) is 0 Å². The molecule has 0 spiro atoms. The summed E-state index contributed by atoms with van der Waals surface area (Å²) in [5, 5.41) is 0. The van der Waals surface area contributed by atoms with Crippen molar-refractivity contribution in [2.75, 3.05) is 6.54 Å². The molecule has 0 aromatic rings. The topological polar surface area (TPSA) is 3.24 Å². The molecule has 0 saturated carbocycles. The molecule has 0 aromatic carbocycles. The molecule has 0 aromatic heterocycles. The molecule has 0 atom stereocenters. The minimum atomic E-state index is 0. The van der Waals surface area contributed by atoms with E-state index < -0.39 is 0 Å². The molecule has 0 aliphatic rings. The van der Waals surface area contributed by atoms with Gasteiger partial charge in [-0.1, -0.05) is 13.8 Å². The Labute approximate surface area is 90.1 Å². The molecular weight excluding hydrogens is 141 g/mol. The van der Waals surface area contributed by atoms with Crippen molar-refractivity contribution in [1.29, 1.82) is 0 Å². The van der Waals surface area contributed by atoms with Crippen LogP contribution in [0.15, 0.2) is 0 Å². The van der Waals surface area contributed by atoms with Crippen molar-refractivity contribution in [2.24, 2.45) is 0 Å². The van der Waals surface area contributed by atoms with Crippen LogP contribution >= 0.6 is 0 Å². The monoisotopic (exact) mass is 164 g/mol. The SMILES string of the molecule is C[C](C)CN(C(C)C)C(C)C.[LiH]. The van der Waals surface area contributed by atoms with Crippen molar-refractivity contribution < 1.29 is 0 Å². The Balaban J connectivity index is 0. The van der Waals surface area contributed by atoms with E-state index in [4.69, 9.17) is 0 Å². The first-order chi connectivity index (χ1) is 4.95. The van der Waals surface area contributed by atoms with Crippen LogP contribution in [0.1, 0.15) is 41.5 Å². The Morgan fingerprint density at radius 1 is 1.00 bits per heavy atom. The zero-order chi connectivity index (χ0) is 9.02. The molecule has 0 rings (SSSR count). The molecule has 69 valence electrons. The third-order valence-corrected chi connectivity index (χ3v) is 1.83. The van der Waals surface area contributed by atoms with Crippen molar-refractivity contribution in [2.45, 2.75) is 53.6 Å². The molecule has 0 bridgehead atoms. The fourth-order valence-corrected chi connectivity index (χ4v) is 1.33. The minimum absolute atomic E-state index is 0. The molecule has 0 fully saturated rings. The van der Waals surface area contributed by atoms with Crippen LogP contribution in [-0.2, 0) is 0 Å². The van der Waals surface area contributed by atoms with E-state index in [0.29, 0.717) is 12.1 Å². The Morgan fingerprint density at radius 3 is 1.42 bits per heavy atom. The van der Waals surface area contributed by atoms with Gasteiger partial charge in [-0.05, 0) is 33.6 Å². The molecule has 2 heteroatoms. The van der Waals surface area contributed by atoms with Gasteiger partial charge in [-0.25, -0.2) is 0 Å². The Kier molecular flexibility index (Phi) is 8.79. The summed E-state index contributed by atoms with van der Waals surface area (Å²) in [6, 6.07) is 1.31. The zero-order valence-electron chi connectivity index (χ0n) is 8.81. The molecule has 1 nitrogen and oxygen atoms in total. The molecule has 0 aliphatic carbocycles. The summed E-state index contributed by atoms with van der Waals surface area (Å²) in [4.78, 5) is 2.50. The fourth-order valence-electron chi connectivity index (χ4n) is 1.33. The average molecular weight is 164 g/mol. The molecular formula is C10H23LiN. The molecule has 0 heterocycles. The van der Waals surface area contributed by atoms with Crippen LogP contribution in [0.2, 0.25) is 0 Å². The van der Waals surface area contributed by atoms with E-state index in [0.717, 1.165) is 6.54 Å². The van der Waals surface area contributed by atoms with E-state index in [1.165, 1.54) is 5.92 Å². The maximum absolute atomic E-state index is 2.50. The average Bonchev–Trinajstić information content (AvgIpc) is 1.81. The summed E-state index contributed by atoms with van der Waals surface area (Å²) < 4.78 is 0. The van der Waals surface area contributed by atoms with E-state index in [-0.39, 0.29) is 18.9 Å². The summed E-state index contributed by atoms with van der Waals surface area (Å²) in [5.74, 6) is 1.49. The van der Waals surface area contributed by atoms with Crippen LogP contribution in [0.5, 0.6) is 0 Å². The van der Waals surface area contributed by atoms with Gasteiger partial charge in [0.15, 0.2) is 0 Å². The van der Waals surface area contributed by atoms with Gasteiger partial charge in [0, 0.05) is 18.6 Å². The molecule has 0 aliphatic heterocycles. The number of nitrogens with zero attached hydrogens (tertiary/aromatic N) is 1. The van der Waals surface area contributed by atoms with Gasteiger partial charge < -0.3 is 0 Å². The standard InChI is InChI=1S/C10H22N.Li.H/c1-8(2)7-11(9(3)4)10(5)6;;/h9-10H,7H2,1-6H3;;. The van der Waals surface area contributed by atoms with Crippen LogP contribution in [0, 0.1) is 5.92 Å². The van der Waals surface area contributed by atoms with E-state index in [2.05, 4.69) is 46.4 Å². The second kappa shape index (κ2) is 7.01. The van der Waals surface area contributed by atoms with Gasteiger partial charge in [0.2, 0.25) is 0 Å². The first-order valence-corrected chi connectivity index (χ1v) is 4.50. The molecule has 1 radical (unpaired) electrons. The van der Waals surface area contributed by atoms with Crippen molar-refractivity contribution in [3.63, 3.8) is 0 Å². The Hall–Kier alpha value is 0.557. The van der Waals surface area contributed by atoms with E-state index >= 15 is 0 Å². The second-order valence-corrected chi connectivity index (χ2v) is 4.07. The number of hydrogen-bond donors (Lipinski definition) is 0. The number of rotatable bonds is 4. The van der Waals surface area contributed by atoms with Crippen molar-refractivity contribution in [3.8, 4) is 0 Å². The van der Waals surface area contributed by atoms with Gasteiger partial charge in [-0.3, -0.25) is 4.90 Å². The third kappa shape index (κ3) is 6.12. The summed E-state index contributed by atoms with van der Waals surface area (Å²) in [7, 11) is 0. The van der Waals surface area contributed by atoms with Crippen LogP contribution in [0.4, 0.5) is 0 Å². The molecule has 0 saturated heterocycles. The zero-order valence-corrected chi connectivity index (χ0v) is 8.81.